The molecule has 24 heavy (non-hydrogen) atoms. The fourth-order valence-electron chi connectivity index (χ4n) is 3.35. The minimum atomic E-state index is 0.523. The number of thiazole rings is 1. The molecule has 0 spiro atoms. The van der Waals surface area contributed by atoms with E-state index in [9.17, 15) is 0 Å². The van der Waals surface area contributed by atoms with E-state index in [-0.39, 0.29) is 0 Å². The second kappa shape index (κ2) is 7.38. The largest absolute Gasteiger partial charge is 0.380 e. The average molecular weight is 339 g/mol. The summed E-state index contributed by atoms with van der Waals surface area (Å²) in [7, 11) is 0. The van der Waals surface area contributed by atoms with Crippen LogP contribution in [0, 0.1) is 5.92 Å². The smallest absolute Gasteiger partial charge is 0.0794 e. The number of ether oxygens (including phenoxy) is 1. The van der Waals surface area contributed by atoms with E-state index in [0.717, 1.165) is 44.8 Å². The first-order chi connectivity index (χ1) is 11.9. The zero-order valence-corrected chi connectivity index (χ0v) is 14.4. The molecule has 0 radical (unpaired) electrons. The van der Waals surface area contributed by atoms with Gasteiger partial charge in [0.15, 0.2) is 0 Å². The van der Waals surface area contributed by atoms with E-state index in [1.807, 2.05) is 24.0 Å². The molecule has 0 aliphatic carbocycles. The Morgan fingerprint density at radius 3 is 3.21 bits per heavy atom. The first-order valence-corrected chi connectivity index (χ1v) is 9.26. The van der Waals surface area contributed by atoms with Crippen molar-refractivity contribution in [2.45, 2.75) is 13.0 Å². The quantitative estimate of drug-likeness (QED) is 0.730. The molecule has 1 aromatic carbocycles. The van der Waals surface area contributed by atoms with Crippen LogP contribution in [-0.2, 0) is 17.7 Å². The Labute approximate surface area is 146 Å². The molecule has 0 bridgehead atoms. The SMILES string of the molecule is c1cnc2ccc(CC3COCCN(Cc4cncs4)C3)cc2c1. The Bertz CT molecular complexity index is 790. The number of fused-ring (bicyclic) bond motifs is 1. The average Bonchev–Trinajstić information content (AvgIpc) is 3.01. The summed E-state index contributed by atoms with van der Waals surface area (Å²) in [5.41, 5.74) is 4.33. The van der Waals surface area contributed by atoms with Gasteiger partial charge in [-0.25, -0.2) is 0 Å². The van der Waals surface area contributed by atoms with E-state index < -0.39 is 0 Å². The van der Waals surface area contributed by atoms with Gasteiger partial charge in [0.1, 0.15) is 0 Å². The van der Waals surface area contributed by atoms with Gasteiger partial charge in [-0.15, -0.1) is 11.3 Å². The van der Waals surface area contributed by atoms with Gasteiger partial charge >= 0.3 is 0 Å². The molecule has 0 saturated carbocycles. The predicted molar refractivity (Wildman–Crippen MR) is 97.1 cm³/mol. The Kier molecular flexibility index (Phi) is 4.83. The summed E-state index contributed by atoms with van der Waals surface area (Å²) < 4.78 is 5.85. The highest BCUT2D eigenvalue weighted by Crippen LogP contribution is 2.20. The molecular formula is C19H21N3OS. The molecule has 1 atom stereocenters. The van der Waals surface area contributed by atoms with Crippen molar-refractivity contribution in [2.24, 2.45) is 5.92 Å². The molecule has 4 nitrogen and oxygen atoms in total. The van der Waals surface area contributed by atoms with Crippen LogP contribution in [0.15, 0.2) is 48.2 Å². The number of hydrogen-bond donors (Lipinski definition) is 0. The van der Waals surface area contributed by atoms with Crippen LogP contribution in [0.3, 0.4) is 0 Å². The van der Waals surface area contributed by atoms with Gasteiger partial charge in [0.2, 0.25) is 0 Å². The Morgan fingerprint density at radius 2 is 2.29 bits per heavy atom. The fraction of sp³-hybridized carbons (Fsp3) is 0.368. The van der Waals surface area contributed by atoms with Crippen LogP contribution < -0.4 is 0 Å². The van der Waals surface area contributed by atoms with Crippen molar-refractivity contribution in [3.05, 3.63) is 58.7 Å². The summed E-state index contributed by atoms with van der Waals surface area (Å²) >= 11 is 1.73. The van der Waals surface area contributed by atoms with E-state index >= 15 is 0 Å². The third-order valence-electron chi connectivity index (χ3n) is 4.48. The van der Waals surface area contributed by atoms with Crippen molar-refractivity contribution in [3.8, 4) is 0 Å². The van der Waals surface area contributed by atoms with E-state index in [1.165, 1.54) is 15.8 Å². The lowest BCUT2D eigenvalue weighted by molar-refractivity contribution is 0.122. The fourth-order valence-corrected chi connectivity index (χ4v) is 3.98. The van der Waals surface area contributed by atoms with E-state index in [2.05, 4.69) is 39.1 Å². The van der Waals surface area contributed by atoms with Crippen molar-refractivity contribution in [1.29, 1.82) is 0 Å². The maximum atomic E-state index is 5.85. The van der Waals surface area contributed by atoms with Crippen LogP contribution in [0.2, 0.25) is 0 Å². The standard InChI is InChI=1S/C19H21N3OS/c1-2-17-9-15(3-4-19(17)21-5-1)8-16-11-22(6-7-23-13-16)12-18-10-20-14-24-18/h1-5,9-10,14,16H,6-8,11-13H2. The first kappa shape index (κ1) is 15.7. The van der Waals surface area contributed by atoms with E-state index in [0.29, 0.717) is 5.92 Å². The van der Waals surface area contributed by atoms with Crippen molar-refractivity contribution < 1.29 is 4.74 Å². The lowest BCUT2D eigenvalue weighted by atomic mass is 9.98. The van der Waals surface area contributed by atoms with Gasteiger partial charge in [0.25, 0.3) is 0 Å². The van der Waals surface area contributed by atoms with Crippen molar-refractivity contribution in [3.63, 3.8) is 0 Å². The molecule has 0 amide bonds. The Balaban J connectivity index is 1.45. The van der Waals surface area contributed by atoms with Crippen molar-refractivity contribution in [2.75, 3.05) is 26.3 Å². The summed E-state index contributed by atoms with van der Waals surface area (Å²) in [6, 6.07) is 10.7. The van der Waals surface area contributed by atoms with Crippen molar-refractivity contribution in [1.82, 2.24) is 14.9 Å². The maximum Gasteiger partial charge on any atom is 0.0794 e. The van der Waals surface area contributed by atoms with E-state index in [4.69, 9.17) is 4.74 Å². The molecule has 4 rings (SSSR count). The third kappa shape index (κ3) is 3.80. The number of nitrogens with zero attached hydrogens (tertiary/aromatic N) is 3. The zero-order valence-electron chi connectivity index (χ0n) is 13.6. The molecule has 3 heterocycles. The summed E-state index contributed by atoms with van der Waals surface area (Å²) in [5, 5.41) is 1.21. The van der Waals surface area contributed by atoms with Crippen molar-refractivity contribution >= 4 is 22.2 Å². The van der Waals surface area contributed by atoms with Gasteiger partial charge in [0, 0.05) is 42.3 Å². The van der Waals surface area contributed by atoms with Gasteiger partial charge < -0.3 is 4.74 Å². The minimum Gasteiger partial charge on any atom is -0.380 e. The lowest BCUT2D eigenvalue weighted by Crippen LogP contribution is -2.30. The lowest BCUT2D eigenvalue weighted by Gasteiger charge is -2.22. The number of rotatable bonds is 4. The molecule has 3 aromatic rings. The number of hydrogen-bond acceptors (Lipinski definition) is 5. The summed E-state index contributed by atoms with van der Waals surface area (Å²) in [5.74, 6) is 0.523. The highest BCUT2D eigenvalue weighted by atomic mass is 32.1. The maximum absolute atomic E-state index is 5.85. The number of aromatic nitrogens is 2. The molecule has 1 aliphatic rings. The van der Waals surface area contributed by atoms with Crippen LogP contribution >= 0.6 is 11.3 Å². The van der Waals surface area contributed by atoms with Gasteiger partial charge in [-0.1, -0.05) is 12.1 Å². The van der Waals surface area contributed by atoms with Crippen LogP contribution in [-0.4, -0.2) is 41.2 Å². The molecule has 1 fully saturated rings. The second-order valence-electron chi connectivity index (χ2n) is 6.38. The predicted octanol–water partition coefficient (Wildman–Crippen LogP) is 3.38. The molecule has 1 aliphatic heterocycles. The molecule has 0 N–H and O–H groups in total. The topological polar surface area (TPSA) is 38.2 Å². The van der Waals surface area contributed by atoms with Crippen LogP contribution in [0.25, 0.3) is 10.9 Å². The highest BCUT2D eigenvalue weighted by Gasteiger charge is 2.19. The van der Waals surface area contributed by atoms with Gasteiger partial charge in [-0.05, 0) is 36.1 Å². The van der Waals surface area contributed by atoms with Crippen LogP contribution in [0.4, 0.5) is 0 Å². The zero-order chi connectivity index (χ0) is 16.2. The normalized spacial score (nSPS) is 19.4. The van der Waals surface area contributed by atoms with E-state index in [1.54, 1.807) is 11.3 Å². The van der Waals surface area contributed by atoms with Gasteiger partial charge in [-0.2, -0.15) is 0 Å². The Hall–Kier alpha value is -1.82. The molecular weight excluding hydrogens is 318 g/mol. The Morgan fingerprint density at radius 1 is 1.29 bits per heavy atom. The highest BCUT2D eigenvalue weighted by molar-refractivity contribution is 7.09. The summed E-state index contributed by atoms with van der Waals surface area (Å²) in [6.07, 6.45) is 4.87. The molecule has 1 saturated heterocycles. The summed E-state index contributed by atoms with van der Waals surface area (Å²) in [4.78, 5) is 12.4. The number of pyridine rings is 1. The third-order valence-corrected chi connectivity index (χ3v) is 5.24. The number of benzene rings is 1. The second-order valence-corrected chi connectivity index (χ2v) is 7.35. The van der Waals surface area contributed by atoms with Crippen LogP contribution in [0.5, 0.6) is 0 Å². The molecule has 1 unspecified atom stereocenters. The first-order valence-electron chi connectivity index (χ1n) is 8.38. The monoisotopic (exact) mass is 339 g/mol. The van der Waals surface area contributed by atoms with Crippen LogP contribution in [0.1, 0.15) is 10.4 Å². The minimum absolute atomic E-state index is 0.523. The van der Waals surface area contributed by atoms with Gasteiger partial charge in [0.05, 0.1) is 24.2 Å². The molecule has 5 heteroatoms. The van der Waals surface area contributed by atoms with Gasteiger partial charge in [-0.3, -0.25) is 14.9 Å². The molecule has 2 aromatic heterocycles. The molecule has 124 valence electrons. The summed E-state index contributed by atoms with van der Waals surface area (Å²) in [6.45, 7) is 4.70.